The normalized spacial score (nSPS) is 25.9. The number of para-hydroxylation sites is 1. The topological polar surface area (TPSA) is 33.3 Å². The van der Waals surface area contributed by atoms with E-state index in [0.29, 0.717) is 12.1 Å². The van der Waals surface area contributed by atoms with Crippen molar-refractivity contribution in [3.8, 4) is 0 Å². The molecule has 1 aromatic rings. The molecule has 3 nitrogen and oxygen atoms in total. The molecule has 2 atom stereocenters. The van der Waals surface area contributed by atoms with Crippen LogP contribution in [0.15, 0.2) is 18.2 Å². The quantitative estimate of drug-likeness (QED) is 0.873. The summed E-state index contributed by atoms with van der Waals surface area (Å²) in [5, 5.41) is 7.24. The van der Waals surface area contributed by atoms with Crippen LogP contribution in [-0.4, -0.2) is 25.8 Å². The zero-order valence-corrected chi connectivity index (χ0v) is 11.7. The van der Waals surface area contributed by atoms with Crippen LogP contribution in [0.1, 0.15) is 36.8 Å². The van der Waals surface area contributed by atoms with Gasteiger partial charge in [0.05, 0.1) is 6.10 Å². The van der Waals surface area contributed by atoms with Crippen molar-refractivity contribution < 1.29 is 4.74 Å². The van der Waals surface area contributed by atoms with E-state index in [9.17, 15) is 0 Å². The van der Waals surface area contributed by atoms with E-state index < -0.39 is 0 Å². The van der Waals surface area contributed by atoms with Crippen LogP contribution in [-0.2, 0) is 17.7 Å². The molecule has 2 N–H and O–H groups in total. The second kappa shape index (κ2) is 5.93. The molecule has 1 saturated carbocycles. The number of methoxy groups -OCH3 is 1. The van der Waals surface area contributed by atoms with Crippen LogP contribution in [0.3, 0.4) is 0 Å². The third-order valence-electron chi connectivity index (χ3n) is 4.47. The van der Waals surface area contributed by atoms with Crippen molar-refractivity contribution in [1.29, 1.82) is 0 Å². The molecule has 19 heavy (non-hydrogen) atoms. The molecule has 2 aliphatic rings. The minimum absolute atomic E-state index is 0.396. The first-order chi connectivity index (χ1) is 9.38. The molecule has 0 aromatic heterocycles. The van der Waals surface area contributed by atoms with Crippen molar-refractivity contribution in [2.24, 2.45) is 0 Å². The van der Waals surface area contributed by atoms with Gasteiger partial charge in [-0.3, -0.25) is 0 Å². The molecule has 0 amide bonds. The summed E-state index contributed by atoms with van der Waals surface area (Å²) in [5.41, 5.74) is 4.24. The molecule has 104 valence electrons. The van der Waals surface area contributed by atoms with Gasteiger partial charge in [-0.05, 0) is 43.2 Å². The minimum atomic E-state index is 0.396. The minimum Gasteiger partial charge on any atom is -0.385 e. The lowest BCUT2D eigenvalue weighted by molar-refractivity contribution is 0.0847. The molecule has 1 fully saturated rings. The molecule has 0 bridgehead atoms. The molecular weight excluding hydrogens is 236 g/mol. The second-order valence-electron chi connectivity index (χ2n) is 5.67. The van der Waals surface area contributed by atoms with Crippen molar-refractivity contribution in [3.63, 3.8) is 0 Å². The maximum Gasteiger partial charge on any atom is 0.0724 e. The average Bonchev–Trinajstić information content (AvgIpc) is 2.92. The first-order valence-electron chi connectivity index (χ1n) is 7.49. The lowest BCUT2D eigenvalue weighted by atomic mass is 9.99. The van der Waals surface area contributed by atoms with Gasteiger partial charge in [-0.15, -0.1) is 0 Å². The Kier molecular flexibility index (Phi) is 4.04. The van der Waals surface area contributed by atoms with Gasteiger partial charge in [-0.25, -0.2) is 0 Å². The van der Waals surface area contributed by atoms with E-state index in [4.69, 9.17) is 4.74 Å². The Morgan fingerprint density at radius 1 is 1.32 bits per heavy atom. The third kappa shape index (κ3) is 2.77. The number of hydrogen-bond acceptors (Lipinski definition) is 3. The molecule has 2 unspecified atom stereocenters. The fourth-order valence-corrected chi connectivity index (χ4v) is 3.41. The number of fused-ring (bicyclic) bond motifs is 1. The largest absolute Gasteiger partial charge is 0.385 e. The molecular formula is C16H24N2O. The highest BCUT2D eigenvalue weighted by Gasteiger charge is 2.26. The van der Waals surface area contributed by atoms with Crippen molar-refractivity contribution in [3.05, 3.63) is 29.3 Å². The highest BCUT2D eigenvalue weighted by atomic mass is 16.5. The van der Waals surface area contributed by atoms with Crippen molar-refractivity contribution >= 4 is 5.69 Å². The van der Waals surface area contributed by atoms with Gasteiger partial charge in [0.1, 0.15) is 0 Å². The molecule has 0 spiro atoms. The van der Waals surface area contributed by atoms with E-state index in [1.54, 1.807) is 0 Å². The van der Waals surface area contributed by atoms with Crippen LogP contribution in [0, 0.1) is 0 Å². The molecule has 1 heterocycles. The van der Waals surface area contributed by atoms with E-state index in [2.05, 4.69) is 28.8 Å². The van der Waals surface area contributed by atoms with E-state index in [1.807, 2.05) is 7.11 Å². The number of nitrogens with one attached hydrogen (secondary N) is 2. The average molecular weight is 260 g/mol. The van der Waals surface area contributed by atoms with Crippen molar-refractivity contribution in [1.82, 2.24) is 5.32 Å². The summed E-state index contributed by atoms with van der Waals surface area (Å²) in [7, 11) is 1.83. The fourth-order valence-electron chi connectivity index (χ4n) is 3.41. The van der Waals surface area contributed by atoms with Gasteiger partial charge in [0.25, 0.3) is 0 Å². The molecule has 0 saturated heterocycles. The summed E-state index contributed by atoms with van der Waals surface area (Å²) in [5.74, 6) is 0. The number of ether oxygens (including phenoxy) is 1. The van der Waals surface area contributed by atoms with Gasteiger partial charge in [0, 0.05) is 31.9 Å². The number of rotatable bonds is 4. The predicted molar refractivity (Wildman–Crippen MR) is 78.5 cm³/mol. The lowest BCUT2D eigenvalue weighted by Gasteiger charge is -2.24. The van der Waals surface area contributed by atoms with E-state index in [0.717, 1.165) is 13.1 Å². The van der Waals surface area contributed by atoms with Gasteiger partial charge in [0.15, 0.2) is 0 Å². The van der Waals surface area contributed by atoms with Crippen LogP contribution < -0.4 is 10.6 Å². The predicted octanol–water partition coefficient (Wildman–Crippen LogP) is 2.70. The highest BCUT2D eigenvalue weighted by Crippen LogP contribution is 2.27. The Labute approximate surface area is 115 Å². The number of anilines is 1. The number of hydrogen-bond donors (Lipinski definition) is 2. The maximum atomic E-state index is 5.55. The van der Waals surface area contributed by atoms with Crippen LogP contribution in [0.2, 0.25) is 0 Å². The number of benzene rings is 1. The van der Waals surface area contributed by atoms with Crippen molar-refractivity contribution in [2.45, 2.75) is 50.8 Å². The lowest BCUT2D eigenvalue weighted by Crippen LogP contribution is -2.36. The summed E-state index contributed by atoms with van der Waals surface area (Å²) in [6, 6.07) is 7.19. The fraction of sp³-hybridized carbons (Fsp3) is 0.625. The Balaban J connectivity index is 1.67. The van der Waals surface area contributed by atoms with Gasteiger partial charge < -0.3 is 15.4 Å². The Bertz CT molecular complexity index is 433. The molecule has 0 radical (unpaired) electrons. The Hall–Kier alpha value is -1.06. The van der Waals surface area contributed by atoms with Crippen LogP contribution in [0.4, 0.5) is 5.69 Å². The van der Waals surface area contributed by atoms with E-state index in [-0.39, 0.29) is 0 Å². The third-order valence-corrected chi connectivity index (χ3v) is 4.47. The molecule has 3 rings (SSSR count). The monoisotopic (exact) mass is 260 g/mol. The second-order valence-corrected chi connectivity index (χ2v) is 5.67. The van der Waals surface area contributed by atoms with Gasteiger partial charge >= 0.3 is 0 Å². The maximum absolute atomic E-state index is 5.55. The highest BCUT2D eigenvalue weighted by molar-refractivity contribution is 5.59. The zero-order valence-electron chi connectivity index (χ0n) is 11.7. The first kappa shape index (κ1) is 12.9. The van der Waals surface area contributed by atoms with Crippen LogP contribution >= 0.6 is 0 Å². The van der Waals surface area contributed by atoms with Crippen LogP contribution in [0.5, 0.6) is 0 Å². The number of aryl methyl sites for hydroxylation is 1. The Morgan fingerprint density at radius 2 is 2.26 bits per heavy atom. The Morgan fingerprint density at radius 3 is 3.16 bits per heavy atom. The molecule has 3 heteroatoms. The molecule has 1 aliphatic carbocycles. The smallest absolute Gasteiger partial charge is 0.0724 e. The van der Waals surface area contributed by atoms with Crippen molar-refractivity contribution in [2.75, 3.05) is 19.0 Å². The summed E-state index contributed by atoms with van der Waals surface area (Å²) in [4.78, 5) is 0. The SMILES string of the molecule is COC1CCCC1NCc1cccc2c1NCCC2. The summed E-state index contributed by atoms with van der Waals surface area (Å²) < 4.78 is 5.55. The van der Waals surface area contributed by atoms with E-state index >= 15 is 0 Å². The zero-order chi connectivity index (χ0) is 13.1. The van der Waals surface area contributed by atoms with Gasteiger partial charge in [-0.2, -0.15) is 0 Å². The summed E-state index contributed by atoms with van der Waals surface area (Å²) in [6.45, 7) is 2.05. The molecule has 1 aromatic carbocycles. The van der Waals surface area contributed by atoms with Crippen LogP contribution in [0.25, 0.3) is 0 Å². The standard InChI is InChI=1S/C16H24N2O/c1-19-15-9-3-8-14(15)18-11-13-6-2-5-12-7-4-10-17-16(12)13/h2,5-6,14-15,17-18H,3-4,7-11H2,1H3. The van der Waals surface area contributed by atoms with E-state index in [1.165, 1.54) is 48.9 Å². The van der Waals surface area contributed by atoms with Gasteiger partial charge in [0.2, 0.25) is 0 Å². The first-order valence-corrected chi connectivity index (χ1v) is 7.49. The summed E-state index contributed by atoms with van der Waals surface area (Å²) >= 11 is 0. The molecule has 1 aliphatic heterocycles. The summed E-state index contributed by atoms with van der Waals surface area (Å²) in [6.07, 6.45) is 6.56. The van der Waals surface area contributed by atoms with Gasteiger partial charge in [-0.1, -0.05) is 18.2 Å².